The third-order valence-electron chi connectivity index (χ3n) is 13.4. The number of amides is 1. The van der Waals surface area contributed by atoms with Crippen molar-refractivity contribution in [2.24, 2.45) is 28.6 Å². The number of fused-ring (bicyclic) bond motifs is 1. The van der Waals surface area contributed by atoms with Gasteiger partial charge in [0.2, 0.25) is 5.91 Å². The molecule has 1 amide bonds. The summed E-state index contributed by atoms with van der Waals surface area (Å²) in [6.07, 6.45) is 18.3. The molecule has 2 aliphatic carbocycles. The van der Waals surface area contributed by atoms with Crippen LogP contribution in [-0.2, 0) is 4.79 Å². The first-order valence-electron chi connectivity index (χ1n) is 18.3. The standard InChI is InChI=1S/C39H56N4O2/c1-27-38-22-8-4-5-12-29(16-11-23-38)30-13-6-7-17-33(21-20-30)39(26-40-43(28(38)2)36(39)41-27)37(44)42-34-18-9-14-31(24-34)32-15-10-19-35(25-32)45-3/h9-10,14-15,18-19,24-25,27-30,33,36,40-41H,4-8,11-13,16-17,20-23,26H2,1-3H3,(H,42,44). The molecule has 8 rings (SSSR count). The maximum atomic E-state index is 15.1. The predicted octanol–water partition coefficient (Wildman–Crippen LogP) is 8.15. The molecule has 6 aliphatic rings. The van der Waals surface area contributed by atoms with Crippen LogP contribution in [0.1, 0.15) is 104 Å². The number of ether oxygens (including phenoxy) is 1. The van der Waals surface area contributed by atoms with Gasteiger partial charge in [-0.2, -0.15) is 0 Å². The molecule has 3 N–H and O–H groups in total. The minimum absolute atomic E-state index is 0.0123. The topological polar surface area (TPSA) is 65.6 Å². The fourth-order valence-corrected chi connectivity index (χ4v) is 10.7. The summed E-state index contributed by atoms with van der Waals surface area (Å²) in [4.78, 5) is 15.1. The molecule has 2 aromatic rings. The van der Waals surface area contributed by atoms with Gasteiger partial charge in [0.25, 0.3) is 0 Å². The van der Waals surface area contributed by atoms with E-state index in [-0.39, 0.29) is 17.5 Å². The van der Waals surface area contributed by atoms with Crippen LogP contribution in [0.2, 0.25) is 0 Å². The van der Waals surface area contributed by atoms with E-state index in [0.29, 0.717) is 24.5 Å². The summed E-state index contributed by atoms with van der Waals surface area (Å²) in [5.74, 6) is 3.03. The van der Waals surface area contributed by atoms with Crippen molar-refractivity contribution in [3.63, 3.8) is 0 Å². The van der Waals surface area contributed by atoms with Gasteiger partial charge >= 0.3 is 0 Å². The Hall–Kier alpha value is -2.41. The van der Waals surface area contributed by atoms with Crippen LogP contribution in [0, 0.1) is 28.6 Å². The zero-order valence-electron chi connectivity index (χ0n) is 28.0. The lowest BCUT2D eigenvalue weighted by atomic mass is 9.63. The van der Waals surface area contributed by atoms with Crippen LogP contribution in [-0.4, -0.2) is 42.8 Å². The van der Waals surface area contributed by atoms with Gasteiger partial charge in [0.05, 0.1) is 18.7 Å². The lowest BCUT2D eigenvalue weighted by molar-refractivity contribution is -0.139. The number of nitrogens with one attached hydrogen (secondary N) is 3. The number of hydrazine groups is 1. The third-order valence-corrected chi connectivity index (χ3v) is 13.4. The number of benzene rings is 2. The van der Waals surface area contributed by atoms with Crippen LogP contribution < -0.4 is 20.8 Å². The maximum absolute atomic E-state index is 15.1. The molecule has 2 saturated carbocycles. The molecule has 0 aromatic heterocycles. The van der Waals surface area contributed by atoms with E-state index in [9.17, 15) is 0 Å². The Morgan fingerprint density at radius 2 is 1.56 bits per heavy atom. The zero-order valence-corrected chi connectivity index (χ0v) is 28.0. The van der Waals surface area contributed by atoms with E-state index in [4.69, 9.17) is 4.74 Å². The maximum Gasteiger partial charge on any atom is 0.235 e. The molecule has 45 heavy (non-hydrogen) atoms. The van der Waals surface area contributed by atoms with Crippen molar-refractivity contribution in [3.8, 4) is 16.9 Å². The average molecular weight is 613 g/mol. The van der Waals surface area contributed by atoms with E-state index < -0.39 is 5.41 Å². The van der Waals surface area contributed by atoms with Gasteiger partial charge in [0.1, 0.15) is 5.75 Å². The van der Waals surface area contributed by atoms with Gasteiger partial charge in [-0.05, 0) is 99.1 Å². The quantitative estimate of drug-likeness (QED) is 0.325. The van der Waals surface area contributed by atoms with E-state index in [1.807, 2.05) is 12.1 Å². The highest BCUT2D eigenvalue weighted by Gasteiger charge is 2.63. The Labute approximate surface area is 271 Å². The number of anilines is 1. The lowest BCUT2D eigenvalue weighted by Gasteiger charge is -2.57. The lowest BCUT2D eigenvalue weighted by Crippen LogP contribution is -2.72. The van der Waals surface area contributed by atoms with Crippen LogP contribution in [0.4, 0.5) is 5.69 Å². The molecule has 1 spiro atoms. The molecule has 4 heterocycles. The highest BCUT2D eigenvalue weighted by molar-refractivity contribution is 5.97. The van der Waals surface area contributed by atoms with E-state index in [1.54, 1.807) is 7.11 Å². The molecule has 0 radical (unpaired) electrons. The average Bonchev–Trinajstić information content (AvgIpc) is 3.42. The van der Waals surface area contributed by atoms with E-state index in [1.165, 1.54) is 77.0 Å². The van der Waals surface area contributed by atoms with Crippen molar-refractivity contribution in [1.82, 2.24) is 15.8 Å². The van der Waals surface area contributed by atoms with Crippen LogP contribution in [0.15, 0.2) is 48.5 Å². The van der Waals surface area contributed by atoms with Crippen LogP contribution >= 0.6 is 0 Å². The fraction of sp³-hybridized carbons (Fsp3) is 0.667. The van der Waals surface area contributed by atoms with Crippen molar-refractivity contribution in [2.75, 3.05) is 19.0 Å². The first kappa shape index (κ1) is 31.2. The largest absolute Gasteiger partial charge is 0.497 e. The minimum Gasteiger partial charge on any atom is -0.497 e. The molecule has 244 valence electrons. The van der Waals surface area contributed by atoms with Crippen molar-refractivity contribution in [3.05, 3.63) is 48.5 Å². The molecule has 4 saturated heterocycles. The minimum atomic E-state index is -0.535. The molecule has 9 unspecified atom stereocenters. The number of carbonyl (C=O) groups is 1. The normalized spacial score (nSPS) is 38.4. The predicted molar refractivity (Wildman–Crippen MR) is 183 cm³/mol. The molecule has 7 bridgehead atoms. The summed E-state index contributed by atoms with van der Waals surface area (Å²) in [6, 6.07) is 17.3. The van der Waals surface area contributed by atoms with Gasteiger partial charge in [0.15, 0.2) is 0 Å². The SMILES string of the molecule is COc1cccc(-c2cccc(NC(=O)C34CNN5C(C)C6(CCCCCC(CCC6)C6CCCCC3CC6)C(C)NC54)c2)c1. The van der Waals surface area contributed by atoms with Gasteiger partial charge in [-0.1, -0.05) is 82.1 Å². The first-order valence-corrected chi connectivity index (χ1v) is 18.3. The summed E-state index contributed by atoms with van der Waals surface area (Å²) in [6.45, 7) is 5.63. The van der Waals surface area contributed by atoms with Gasteiger partial charge in [0, 0.05) is 29.7 Å². The summed E-state index contributed by atoms with van der Waals surface area (Å²) in [5, 5.41) is 10.2. The summed E-state index contributed by atoms with van der Waals surface area (Å²) < 4.78 is 5.49. The monoisotopic (exact) mass is 612 g/mol. The smallest absolute Gasteiger partial charge is 0.235 e. The number of carbonyl (C=O) groups excluding carboxylic acids is 1. The van der Waals surface area contributed by atoms with Gasteiger partial charge in [-0.3, -0.25) is 15.5 Å². The fourth-order valence-electron chi connectivity index (χ4n) is 10.7. The van der Waals surface area contributed by atoms with Gasteiger partial charge < -0.3 is 10.1 Å². The molecule has 6 nitrogen and oxygen atoms in total. The number of rotatable bonds is 4. The van der Waals surface area contributed by atoms with Crippen molar-refractivity contribution in [2.45, 2.75) is 122 Å². The highest BCUT2D eigenvalue weighted by Crippen LogP contribution is 2.53. The molecule has 6 heteroatoms. The first-order chi connectivity index (χ1) is 21.9. The summed E-state index contributed by atoms with van der Waals surface area (Å²) >= 11 is 0. The number of hydrogen-bond acceptors (Lipinski definition) is 5. The zero-order chi connectivity index (χ0) is 31.0. The molecular formula is C39H56N4O2. The van der Waals surface area contributed by atoms with Crippen molar-refractivity contribution < 1.29 is 9.53 Å². The van der Waals surface area contributed by atoms with E-state index in [2.05, 4.69) is 71.3 Å². The molecule has 6 fully saturated rings. The third kappa shape index (κ3) is 5.63. The van der Waals surface area contributed by atoms with Crippen LogP contribution in [0.5, 0.6) is 5.75 Å². The second kappa shape index (κ2) is 13.0. The number of nitrogens with zero attached hydrogens (tertiary/aromatic N) is 1. The van der Waals surface area contributed by atoms with Crippen molar-refractivity contribution >= 4 is 11.6 Å². The van der Waals surface area contributed by atoms with Gasteiger partial charge in [-0.15, -0.1) is 0 Å². The molecule has 4 aliphatic heterocycles. The van der Waals surface area contributed by atoms with E-state index >= 15 is 4.79 Å². The Balaban J connectivity index is 1.27. The Morgan fingerprint density at radius 1 is 0.844 bits per heavy atom. The molecule has 2 aromatic carbocycles. The van der Waals surface area contributed by atoms with Crippen LogP contribution in [0.25, 0.3) is 11.1 Å². The van der Waals surface area contributed by atoms with Crippen LogP contribution in [0.3, 0.4) is 0 Å². The number of hydrogen-bond donors (Lipinski definition) is 3. The highest BCUT2D eigenvalue weighted by atomic mass is 16.5. The summed E-state index contributed by atoms with van der Waals surface area (Å²) in [7, 11) is 1.70. The molecular weight excluding hydrogens is 556 g/mol. The Bertz CT molecular complexity index is 1350. The summed E-state index contributed by atoms with van der Waals surface area (Å²) in [5.41, 5.74) is 6.64. The van der Waals surface area contributed by atoms with E-state index in [0.717, 1.165) is 47.2 Å². The molecule has 9 atom stereocenters. The Morgan fingerprint density at radius 3 is 2.40 bits per heavy atom. The van der Waals surface area contributed by atoms with Crippen molar-refractivity contribution in [1.29, 1.82) is 0 Å². The second-order valence-corrected chi connectivity index (χ2v) is 15.3. The van der Waals surface area contributed by atoms with Gasteiger partial charge in [-0.25, -0.2) is 5.01 Å². The Kier molecular flexibility index (Phi) is 9.02. The second-order valence-electron chi connectivity index (χ2n) is 15.3. The number of methoxy groups -OCH3 is 1.